The monoisotopic (exact) mass is 290 g/mol. The van der Waals surface area contributed by atoms with Crippen LogP contribution in [0.25, 0.3) is 0 Å². The number of nitrogens with one attached hydrogen (secondary N) is 1. The van der Waals surface area contributed by atoms with E-state index in [0.29, 0.717) is 12.6 Å². The fourth-order valence-corrected chi connectivity index (χ4v) is 3.21. The van der Waals surface area contributed by atoms with Gasteiger partial charge in [-0.2, -0.15) is 5.10 Å². The number of carbonyl (C=O) groups is 2. The average Bonchev–Trinajstić information content (AvgIpc) is 2.94. The number of piperazine rings is 1. The highest BCUT2D eigenvalue weighted by Gasteiger charge is 2.29. The zero-order valence-corrected chi connectivity index (χ0v) is 12.4. The minimum atomic E-state index is -0.438. The Bertz CT molecular complexity index is 534. The summed E-state index contributed by atoms with van der Waals surface area (Å²) in [5.41, 5.74) is 0.857. The first-order valence-corrected chi connectivity index (χ1v) is 7.75. The Morgan fingerprint density at radius 1 is 1.29 bits per heavy atom. The molecule has 1 N–H and O–H groups in total. The molecule has 6 heteroatoms. The maximum atomic E-state index is 12.1. The van der Waals surface area contributed by atoms with E-state index in [-0.39, 0.29) is 18.4 Å². The first-order valence-electron chi connectivity index (χ1n) is 7.75. The molecule has 0 aromatic carbocycles. The molecule has 1 aromatic heterocycles. The van der Waals surface area contributed by atoms with Gasteiger partial charge in [0, 0.05) is 6.20 Å². The van der Waals surface area contributed by atoms with E-state index in [2.05, 4.69) is 10.4 Å². The van der Waals surface area contributed by atoms with E-state index in [9.17, 15) is 9.59 Å². The van der Waals surface area contributed by atoms with Crippen molar-refractivity contribution >= 4 is 11.8 Å². The Kier molecular flexibility index (Phi) is 3.94. The highest BCUT2D eigenvalue weighted by atomic mass is 16.2. The number of nitrogens with zero attached hydrogens (tertiary/aromatic N) is 3. The molecule has 0 bridgehead atoms. The van der Waals surface area contributed by atoms with Crippen LogP contribution in [0.5, 0.6) is 0 Å². The number of aromatic nitrogens is 2. The third kappa shape index (κ3) is 3.09. The second kappa shape index (κ2) is 5.87. The van der Waals surface area contributed by atoms with E-state index in [4.69, 9.17) is 0 Å². The quantitative estimate of drug-likeness (QED) is 0.910. The molecule has 0 spiro atoms. The second-order valence-corrected chi connectivity index (χ2v) is 6.06. The van der Waals surface area contributed by atoms with Crippen molar-refractivity contribution in [3.63, 3.8) is 0 Å². The van der Waals surface area contributed by atoms with Crippen LogP contribution in [0, 0.1) is 0 Å². The normalized spacial score (nSPS) is 24.2. The van der Waals surface area contributed by atoms with E-state index in [1.54, 1.807) is 11.8 Å². The highest BCUT2D eigenvalue weighted by Crippen LogP contribution is 2.27. The summed E-state index contributed by atoms with van der Waals surface area (Å²) in [6.45, 7) is 2.25. The third-order valence-corrected chi connectivity index (χ3v) is 4.36. The molecule has 1 unspecified atom stereocenters. The molecule has 21 heavy (non-hydrogen) atoms. The van der Waals surface area contributed by atoms with Crippen LogP contribution >= 0.6 is 0 Å². The number of hydrogen-bond donors (Lipinski definition) is 1. The molecule has 3 rings (SSSR count). The largest absolute Gasteiger partial charge is 0.343 e. The zero-order valence-electron chi connectivity index (χ0n) is 12.4. The van der Waals surface area contributed by atoms with Gasteiger partial charge in [-0.25, -0.2) is 0 Å². The Balaban J connectivity index is 1.66. The van der Waals surface area contributed by atoms with Crippen molar-refractivity contribution in [3.05, 3.63) is 18.0 Å². The maximum Gasteiger partial charge on any atom is 0.245 e. The van der Waals surface area contributed by atoms with Gasteiger partial charge in [0.2, 0.25) is 11.8 Å². The van der Waals surface area contributed by atoms with Crippen molar-refractivity contribution < 1.29 is 9.59 Å². The third-order valence-electron chi connectivity index (χ3n) is 4.36. The van der Waals surface area contributed by atoms with Crippen molar-refractivity contribution in [2.24, 2.45) is 0 Å². The standard InChI is InChI=1S/C15H22N4O2/c1-11-15(21)18(10-14(20)16-11)9-12-7-8-19(17-12)13-5-3-2-4-6-13/h7-8,11,13H,2-6,9-10H2,1H3,(H,16,20). The van der Waals surface area contributed by atoms with E-state index in [0.717, 1.165) is 5.69 Å². The zero-order chi connectivity index (χ0) is 14.8. The number of rotatable bonds is 3. The van der Waals surface area contributed by atoms with Crippen molar-refractivity contribution in [1.82, 2.24) is 20.0 Å². The van der Waals surface area contributed by atoms with Gasteiger partial charge >= 0.3 is 0 Å². The van der Waals surface area contributed by atoms with Crippen molar-refractivity contribution in [2.45, 2.75) is 57.7 Å². The predicted molar refractivity (Wildman–Crippen MR) is 77.4 cm³/mol. The van der Waals surface area contributed by atoms with Crippen molar-refractivity contribution in [3.8, 4) is 0 Å². The predicted octanol–water partition coefficient (Wildman–Crippen LogP) is 1.24. The van der Waals surface area contributed by atoms with Crippen LogP contribution < -0.4 is 5.32 Å². The van der Waals surface area contributed by atoms with Gasteiger partial charge in [0.25, 0.3) is 0 Å². The Hall–Kier alpha value is -1.85. The van der Waals surface area contributed by atoms with Gasteiger partial charge in [-0.3, -0.25) is 14.3 Å². The van der Waals surface area contributed by atoms with Gasteiger partial charge in [-0.1, -0.05) is 19.3 Å². The lowest BCUT2D eigenvalue weighted by Gasteiger charge is -2.30. The topological polar surface area (TPSA) is 67.2 Å². The molecular weight excluding hydrogens is 268 g/mol. The fourth-order valence-electron chi connectivity index (χ4n) is 3.21. The molecule has 0 radical (unpaired) electrons. The summed E-state index contributed by atoms with van der Waals surface area (Å²) in [6.07, 6.45) is 8.22. The van der Waals surface area contributed by atoms with Gasteiger partial charge in [0.15, 0.2) is 0 Å². The van der Waals surface area contributed by atoms with Crippen LogP contribution in [-0.2, 0) is 16.1 Å². The van der Waals surface area contributed by atoms with Crippen LogP contribution in [0.3, 0.4) is 0 Å². The summed E-state index contributed by atoms with van der Waals surface area (Å²) in [7, 11) is 0. The molecule has 1 aliphatic heterocycles. The van der Waals surface area contributed by atoms with E-state index < -0.39 is 6.04 Å². The Morgan fingerprint density at radius 3 is 2.81 bits per heavy atom. The van der Waals surface area contributed by atoms with Gasteiger partial charge in [0.05, 0.1) is 18.3 Å². The molecule has 1 aromatic rings. The molecule has 1 atom stereocenters. The fraction of sp³-hybridized carbons (Fsp3) is 0.667. The molecule has 6 nitrogen and oxygen atoms in total. The lowest BCUT2D eigenvalue weighted by atomic mass is 9.96. The van der Waals surface area contributed by atoms with E-state index >= 15 is 0 Å². The smallest absolute Gasteiger partial charge is 0.245 e. The summed E-state index contributed by atoms with van der Waals surface area (Å²) in [4.78, 5) is 25.2. The highest BCUT2D eigenvalue weighted by molar-refractivity contribution is 5.94. The molecule has 1 saturated heterocycles. The summed E-state index contributed by atoms with van der Waals surface area (Å²) in [5.74, 6) is -0.143. The number of hydrogen-bond acceptors (Lipinski definition) is 3. The molecular formula is C15H22N4O2. The molecule has 2 aliphatic rings. The van der Waals surface area contributed by atoms with E-state index in [1.807, 2.05) is 16.9 Å². The average molecular weight is 290 g/mol. The first kappa shape index (κ1) is 14.1. The molecule has 2 fully saturated rings. The summed E-state index contributed by atoms with van der Waals surface area (Å²) >= 11 is 0. The van der Waals surface area contributed by atoms with Gasteiger partial charge < -0.3 is 10.2 Å². The minimum absolute atomic E-state index is 0.0400. The lowest BCUT2D eigenvalue weighted by molar-refractivity contribution is -0.144. The van der Waals surface area contributed by atoms with E-state index in [1.165, 1.54) is 32.1 Å². The van der Waals surface area contributed by atoms with Gasteiger partial charge in [-0.05, 0) is 25.8 Å². The summed E-state index contributed by atoms with van der Waals surface area (Å²) < 4.78 is 2.03. The van der Waals surface area contributed by atoms with Gasteiger partial charge in [-0.15, -0.1) is 0 Å². The lowest BCUT2D eigenvalue weighted by Crippen LogP contribution is -2.56. The first-order chi connectivity index (χ1) is 10.1. The van der Waals surface area contributed by atoms with Gasteiger partial charge in [0.1, 0.15) is 12.6 Å². The maximum absolute atomic E-state index is 12.1. The van der Waals surface area contributed by atoms with Crippen molar-refractivity contribution in [2.75, 3.05) is 6.54 Å². The van der Waals surface area contributed by atoms with Crippen LogP contribution in [0.1, 0.15) is 50.8 Å². The summed E-state index contributed by atoms with van der Waals surface area (Å²) in [5, 5.41) is 7.25. The number of carbonyl (C=O) groups excluding carboxylic acids is 2. The van der Waals surface area contributed by atoms with Crippen molar-refractivity contribution in [1.29, 1.82) is 0 Å². The number of amides is 2. The van der Waals surface area contributed by atoms with Crippen LogP contribution in [-0.4, -0.2) is 39.1 Å². The Labute approximate surface area is 124 Å². The minimum Gasteiger partial charge on any atom is -0.343 e. The van der Waals surface area contributed by atoms with Crippen LogP contribution in [0.4, 0.5) is 0 Å². The SMILES string of the molecule is CC1NC(=O)CN(Cc2ccn(C3CCCCC3)n2)C1=O. The molecule has 2 heterocycles. The molecule has 1 saturated carbocycles. The Morgan fingerprint density at radius 2 is 2.05 bits per heavy atom. The summed E-state index contributed by atoms with van der Waals surface area (Å²) in [6, 6.07) is 2.01. The molecule has 1 aliphatic carbocycles. The van der Waals surface area contributed by atoms with Crippen LogP contribution in [0.2, 0.25) is 0 Å². The second-order valence-electron chi connectivity index (χ2n) is 6.06. The van der Waals surface area contributed by atoms with Crippen LogP contribution in [0.15, 0.2) is 12.3 Å². The molecule has 114 valence electrons. The molecule has 2 amide bonds.